The van der Waals surface area contributed by atoms with Gasteiger partial charge in [-0.15, -0.1) is 0 Å². The van der Waals surface area contributed by atoms with Crippen molar-refractivity contribution in [3.63, 3.8) is 0 Å². The summed E-state index contributed by atoms with van der Waals surface area (Å²) < 4.78 is 5.16. The summed E-state index contributed by atoms with van der Waals surface area (Å²) in [5, 5.41) is 12.1. The number of nitrogens with one attached hydrogen (secondary N) is 1. The summed E-state index contributed by atoms with van der Waals surface area (Å²) >= 11 is 1.89. The van der Waals surface area contributed by atoms with Crippen molar-refractivity contribution in [1.82, 2.24) is 5.32 Å². The van der Waals surface area contributed by atoms with Gasteiger partial charge in [-0.2, -0.15) is 11.8 Å². The standard InChI is InChI=1S/C11H25NO2S/c1-10(2)11(9-14-3)12-5-8-15-7-4-6-13/h10-13H,4-9H2,1-3H3. The molecular formula is C11H25NO2S. The van der Waals surface area contributed by atoms with Crippen molar-refractivity contribution in [3.8, 4) is 0 Å². The third kappa shape index (κ3) is 9.18. The van der Waals surface area contributed by atoms with Gasteiger partial charge < -0.3 is 15.2 Å². The lowest BCUT2D eigenvalue weighted by Gasteiger charge is -2.21. The van der Waals surface area contributed by atoms with Crippen LogP contribution < -0.4 is 5.32 Å². The van der Waals surface area contributed by atoms with Gasteiger partial charge in [0.25, 0.3) is 0 Å². The van der Waals surface area contributed by atoms with Crippen molar-refractivity contribution in [2.24, 2.45) is 5.92 Å². The quantitative estimate of drug-likeness (QED) is 0.561. The van der Waals surface area contributed by atoms with Crippen molar-refractivity contribution in [3.05, 3.63) is 0 Å². The molecule has 4 heteroatoms. The Morgan fingerprint density at radius 3 is 2.60 bits per heavy atom. The number of rotatable bonds is 10. The largest absolute Gasteiger partial charge is 0.396 e. The molecule has 0 aromatic rings. The lowest BCUT2D eigenvalue weighted by molar-refractivity contribution is 0.148. The second-order valence-corrected chi connectivity index (χ2v) is 5.17. The van der Waals surface area contributed by atoms with E-state index in [0.717, 1.165) is 31.1 Å². The molecule has 0 heterocycles. The van der Waals surface area contributed by atoms with Crippen LogP contribution in [0.25, 0.3) is 0 Å². The highest BCUT2D eigenvalue weighted by molar-refractivity contribution is 7.99. The maximum atomic E-state index is 8.61. The summed E-state index contributed by atoms with van der Waals surface area (Å²) in [6.07, 6.45) is 0.899. The highest BCUT2D eigenvalue weighted by Gasteiger charge is 2.11. The molecule has 0 aromatic carbocycles. The van der Waals surface area contributed by atoms with Crippen LogP contribution >= 0.6 is 11.8 Å². The molecule has 0 rings (SSSR count). The fourth-order valence-electron chi connectivity index (χ4n) is 1.25. The van der Waals surface area contributed by atoms with Crippen molar-refractivity contribution in [2.45, 2.75) is 26.3 Å². The highest BCUT2D eigenvalue weighted by Crippen LogP contribution is 2.04. The van der Waals surface area contributed by atoms with E-state index in [-0.39, 0.29) is 0 Å². The molecule has 15 heavy (non-hydrogen) atoms. The van der Waals surface area contributed by atoms with Crippen LogP contribution in [-0.4, -0.2) is 49.5 Å². The summed E-state index contributed by atoms with van der Waals surface area (Å²) in [6.45, 7) is 6.51. The summed E-state index contributed by atoms with van der Waals surface area (Å²) in [6, 6.07) is 0.452. The van der Waals surface area contributed by atoms with Crippen molar-refractivity contribution >= 4 is 11.8 Å². The van der Waals surface area contributed by atoms with Crippen LogP contribution in [0.15, 0.2) is 0 Å². The number of methoxy groups -OCH3 is 1. The number of hydrogen-bond donors (Lipinski definition) is 2. The molecule has 0 aliphatic rings. The first-order valence-corrected chi connectivity index (χ1v) is 6.78. The fourth-order valence-corrected chi connectivity index (χ4v) is 2.05. The van der Waals surface area contributed by atoms with Crippen LogP contribution in [0.5, 0.6) is 0 Å². The van der Waals surface area contributed by atoms with Gasteiger partial charge in [0.1, 0.15) is 0 Å². The lowest BCUT2D eigenvalue weighted by Crippen LogP contribution is -2.38. The highest BCUT2D eigenvalue weighted by atomic mass is 32.2. The van der Waals surface area contributed by atoms with Gasteiger partial charge in [-0.1, -0.05) is 13.8 Å². The molecule has 0 aromatic heterocycles. The SMILES string of the molecule is COCC(NCCSCCCO)C(C)C. The van der Waals surface area contributed by atoms with Crippen LogP contribution in [0.1, 0.15) is 20.3 Å². The Bertz CT molecular complexity index is 134. The summed E-state index contributed by atoms with van der Waals surface area (Å²) in [5.74, 6) is 2.76. The number of aliphatic hydroxyl groups is 1. The van der Waals surface area contributed by atoms with E-state index in [0.29, 0.717) is 18.6 Å². The van der Waals surface area contributed by atoms with Crippen LogP contribution in [0.2, 0.25) is 0 Å². The van der Waals surface area contributed by atoms with Gasteiger partial charge >= 0.3 is 0 Å². The molecule has 0 fully saturated rings. The topological polar surface area (TPSA) is 41.5 Å². The van der Waals surface area contributed by atoms with Gasteiger partial charge in [0.05, 0.1) is 6.61 Å². The fraction of sp³-hybridized carbons (Fsp3) is 1.00. The van der Waals surface area contributed by atoms with E-state index in [1.165, 1.54) is 0 Å². The van der Waals surface area contributed by atoms with Crippen molar-refractivity contribution < 1.29 is 9.84 Å². The van der Waals surface area contributed by atoms with E-state index in [1.54, 1.807) is 7.11 Å². The van der Waals surface area contributed by atoms with E-state index < -0.39 is 0 Å². The maximum absolute atomic E-state index is 8.61. The summed E-state index contributed by atoms with van der Waals surface area (Å²) in [5.41, 5.74) is 0. The molecular weight excluding hydrogens is 210 g/mol. The van der Waals surface area contributed by atoms with E-state index >= 15 is 0 Å². The van der Waals surface area contributed by atoms with E-state index in [2.05, 4.69) is 19.2 Å². The molecule has 92 valence electrons. The first-order chi connectivity index (χ1) is 7.22. The average molecular weight is 235 g/mol. The molecule has 1 atom stereocenters. The van der Waals surface area contributed by atoms with Crippen LogP contribution in [0.4, 0.5) is 0 Å². The normalized spacial score (nSPS) is 13.4. The molecule has 0 aliphatic carbocycles. The molecule has 0 saturated heterocycles. The Morgan fingerprint density at radius 2 is 2.07 bits per heavy atom. The molecule has 0 radical (unpaired) electrons. The zero-order valence-corrected chi connectivity index (χ0v) is 11.0. The molecule has 3 nitrogen and oxygen atoms in total. The summed E-state index contributed by atoms with van der Waals surface area (Å²) in [7, 11) is 1.74. The Labute approximate surface area is 98.0 Å². The first kappa shape index (κ1) is 15.2. The molecule has 0 spiro atoms. The predicted octanol–water partition coefficient (Wildman–Crippen LogP) is 1.36. The minimum absolute atomic E-state index is 0.304. The van der Waals surface area contributed by atoms with Gasteiger partial charge in [-0.3, -0.25) is 0 Å². The second-order valence-electron chi connectivity index (χ2n) is 3.95. The van der Waals surface area contributed by atoms with Gasteiger partial charge in [0, 0.05) is 32.1 Å². The van der Waals surface area contributed by atoms with Gasteiger partial charge in [-0.05, 0) is 18.1 Å². The molecule has 0 aliphatic heterocycles. The van der Waals surface area contributed by atoms with Crippen LogP contribution in [0.3, 0.4) is 0 Å². The third-order valence-electron chi connectivity index (χ3n) is 2.25. The molecule has 2 N–H and O–H groups in total. The van der Waals surface area contributed by atoms with Gasteiger partial charge in [-0.25, -0.2) is 0 Å². The maximum Gasteiger partial charge on any atom is 0.0618 e. The number of aliphatic hydroxyl groups excluding tert-OH is 1. The molecule has 0 bridgehead atoms. The number of ether oxygens (including phenoxy) is 1. The Hall–Kier alpha value is 0.230. The first-order valence-electron chi connectivity index (χ1n) is 5.63. The molecule has 1 unspecified atom stereocenters. The summed E-state index contributed by atoms with van der Waals surface area (Å²) in [4.78, 5) is 0. The number of hydrogen-bond acceptors (Lipinski definition) is 4. The predicted molar refractivity (Wildman–Crippen MR) is 67.5 cm³/mol. The monoisotopic (exact) mass is 235 g/mol. The van der Waals surface area contributed by atoms with Crippen molar-refractivity contribution in [1.29, 1.82) is 0 Å². The van der Waals surface area contributed by atoms with Crippen molar-refractivity contribution in [2.75, 3.05) is 38.4 Å². The smallest absolute Gasteiger partial charge is 0.0618 e. The Morgan fingerprint density at radius 1 is 1.33 bits per heavy atom. The van der Waals surface area contributed by atoms with E-state index in [1.807, 2.05) is 11.8 Å². The van der Waals surface area contributed by atoms with Crippen LogP contribution in [-0.2, 0) is 4.74 Å². The van der Waals surface area contributed by atoms with Crippen LogP contribution in [0, 0.1) is 5.92 Å². The zero-order valence-electron chi connectivity index (χ0n) is 10.2. The Kier molecular flexibility index (Phi) is 10.9. The van der Waals surface area contributed by atoms with E-state index in [4.69, 9.17) is 9.84 Å². The van der Waals surface area contributed by atoms with Gasteiger partial charge in [0.15, 0.2) is 0 Å². The van der Waals surface area contributed by atoms with Gasteiger partial charge in [0.2, 0.25) is 0 Å². The minimum Gasteiger partial charge on any atom is -0.396 e. The zero-order chi connectivity index (χ0) is 11.5. The third-order valence-corrected chi connectivity index (χ3v) is 3.32. The molecule has 0 amide bonds. The number of thioether (sulfide) groups is 1. The Balaban J connectivity index is 3.37. The molecule has 0 saturated carbocycles. The van der Waals surface area contributed by atoms with E-state index in [9.17, 15) is 0 Å². The average Bonchev–Trinajstić information content (AvgIpc) is 2.21. The second kappa shape index (κ2) is 10.7. The minimum atomic E-state index is 0.304. The lowest BCUT2D eigenvalue weighted by atomic mass is 10.1.